The number of hydrogen-bond acceptors (Lipinski definition) is 4. The van der Waals surface area contributed by atoms with E-state index in [4.69, 9.17) is 17.3 Å². The summed E-state index contributed by atoms with van der Waals surface area (Å²) in [5.74, 6) is 0.249. The lowest BCUT2D eigenvalue weighted by atomic mass is 9.67. The maximum Gasteiger partial charge on any atom is 0.255 e. The van der Waals surface area contributed by atoms with Gasteiger partial charge in [0.25, 0.3) is 5.91 Å². The quantitative estimate of drug-likeness (QED) is 0.359. The largest absolute Gasteiger partial charge is 0.397 e. The molecule has 2 fully saturated rings. The number of hydrogen-bond donors (Lipinski definition) is 2. The van der Waals surface area contributed by atoms with Crippen LogP contribution in [-0.4, -0.2) is 29.9 Å². The number of amides is 1. The van der Waals surface area contributed by atoms with Gasteiger partial charge in [-0.2, -0.15) is 5.26 Å². The standard InChI is InChI=1S/C33H33ClN4O/c1-22-20-38(17-16-33(22)15-12-23-4-2-3-5-28(23)33)27-13-14-32(19-27,21-35)25-8-6-24(7-9-25)31(39)37-30-18-26(34)10-11-29(30)36/h2-12,15,18,22,27H,13-14,16-17,19-20,36H2,1H3,(H,37,39)/t22-,27?,32?,33?/m0/s1. The van der Waals surface area contributed by atoms with Gasteiger partial charge in [0.1, 0.15) is 0 Å². The Labute approximate surface area is 235 Å². The first-order chi connectivity index (χ1) is 18.8. The highest BCUT2D eigenvalue weighted by atomic mass is 35.5. The molecule has 39 heavy (non-hydrogen) atoms. The highest BCUT2D eigenvalue weighted by molar-refractivity contribution is 6.31. The van der Waals surface area contributed by atoms with Crippen molar-refractivity contribution < 1.29 is 4.79 Å². The molecular weight excluding hydrogens is 504 g/mol. The maximum atomic E-state index is 12.8. The van der Waals surface area contributed by atoms with E-state index in [2.05, 4.69) is 59.6 Å². The highest BCUT2D eigenvalue weighted by Gasteiger charge is 2.48. The minimum absolute atomic E-state index is 0.129. The average Bonchev–Trinajstić information content (AvgIpc) is 3.56. The number of fused-ring (bicyclic) bond motifs is 2. The fraction of sp³-hybridized carbons (Fsp3) is 0.333. The number of nitriles is 1. The van der Waals surface area contributed by atoms with E-state index in [1.807, 2.05) is 12.1 Å². The zero-order valence-electron chi connectivity index (χ0n) is 22.2. The van der Waals surface area contributed by atoms with Crippen molar-refractivity contribution in [3.8, 4) is 6.07 Å². The van der Waals surface area contributed by atoms with Crippen LogP contribution in [0.3, 0.4) is 0 Å². The number of carbonyl (C=O) groups is 1. The van der Waals surface area contributed by atoms with Crippen LogP contribution >= 0.6 is 11.6 Å². The molecule has 6 rings (SSSR count). The third-order valence-corrected chi connectivity index (χ3v) is 9.64. The van der Waals surface area contributed by atoms with E-state index >= 15 is 0 Å². The van der Waals surface area contributed by atoms with Crippen LogP contribution in [0.4, 0.5) is 11.4 Å². The number of rotatable bonds is 4. The number of allylic oxidation sites excluding steroid dienone is 1. The van der Waals surface area contributed by atoms with Crippen molar-refractivity contribution in [3.05, 3.63) is 100 Å². The third-order valence-electron chi connectivity index (χ3n) is 9.41. The number of anilines is 2. The molecule has 5 nitrogen and oxygen atoms in total. The minimum Gasteiger partial charge on any atom is -0.397 e. The number of benzene rings is 3. The number of nitrogens with two attached hydrogens (primary N) is 1. The summed E-state index contributed by atoms with van der Waals surface area (Å²) in [7, 11) is 0. The van der Waals surface area contributed by atoms with Crippen molar-refractivity contribution in [3.63, 3.8) is 0 Å². The van der Waals surface area contributed by atoms with E-state index in [1.165, 1.54) is 11.1 Å². The monoisotopic (exact) mass is 536 g/mol. The van der Waals surface area contributed by atoms with Crippen LogP contribution in [0.1, 0.15) is 59.7 Å². The summed E-state index contributed by atoms with van der Waals surface area (Å²) in [4.78, 5) is 15.5. The lowest BCUT2D eigenvalue weighted by molar-refractivity contribution is 0.0887. The van der Waals surface area contributed by atoms with Crippen LogP contribution in [0.5, 0.6) is 0 Å². The Morgan fingerprint density at radius 1 is 1.13 bits per heavy atom. The number of likely N-dealkylation sites (tertiary alicyclic amines) is 1. The molecule has 0 bridgehead atoms. The topological polar surface area (TPSA) is 82.2 Å². The fourth-order valence-corrected chi connectivity index (χ4v) is 7.26. The van der Waals surface area contributed by atoms with Crippen molar-refractivity contribution in [2.24, 2.45) is 5.92 Å². The summed E-state index contributed by atoms with van der Waals surface area (Å²) in [6, 6.07) is 24.3. The van der Waals surface area contributed by atoms with Crippen molar-refractivity contribution in [2.75, 3.05) is 24.1 Å². The summed E-state index contributed by atoms with van der Waals surface area (Å²) in [5.41, 5.74) is 10.8. The molecule has 0 aromatic heterocycles. The molecule has 3 N–H and O–H groups in total. The van der Waals surface area contributed by atoms with Gasteiger partial charge in [0, 0.05) is 28.6 Å². The first kappa shape index (κ1) is 25.7. The predicted molar refractivity (Wildman–Crippen MR) is 158 cm³/mol. The van der Waals surface area contributed by atoms with E-state index in [0.717, 1.165) is 44.3 Å². The van der Waals surface area contributed by atoms with E-state index in [0.29, 0.717) is 33.9 Å². The second-order valence-corrected chi connectivity index (χ2v) is 11.9. The Kier molecular flexibility index (Phi) is 6.49. The lowest BCUT2D eigenvalue weighted by Gasteiger charge is -2.46. The number of piperidine rings is 1. The Balaban J connectivity index is 1.14. The second kappa shape index (κ2) is 9.86. The number of halogens is 1. The number of carbonyl (C=O) groups excluding carboxylic acids is 1. The Hall–Kier alpha value is -3.59. The number of nitrogen functional groups attached to an aromatic ring is 1. The summed E-state index contributed by atoms with van der Waals surface area (Å²) >= 11 is 6.05. The smallest absolute Gasteiger partial charge is 0.255 e. The van der Waals surface area contributed by atoms with Crippen LogP contribution in [-0.2, 0) is 10.8 Å². The zero-order chi connectivity index (χ0) is 27.2. The third kappa shape index (κ3) is 4.42. The minimum atomic E-state index is -0.532. The normalized spacial score (nSPS) is 27.8. The molecule has 198 valence electrons. The van der Waals surface area contributed by atoms with Gasteiger partial charge in [0.15, 0.2) is 0 Å². The molecule has 3 aromatic carbocycles. The zero-order valence-corrected chi connectivity index (χ0v) is 22.9. The molecule has 3 aromatic rings. The van der Waals surface area contributed by atoms with Gasteiger partial charge in [0.2, 0.25) is 0 Å². The summed E-state index contributed by atoms with van der Waals surface area (Å²) < 4.78 is 0. The van der Waals surface area contributed by atoms with Gasteiger partial charge < -0.3 is 11.1 Å². The Bertz CT molecular complexity index is 1490. The average molecular weight is 537 g/mol. The van der Waals surface area contributed by atoms with Crippen molar-refractivity contribution >= 4 is 35.0 Å². The van der Waals surface area contributed by atoms with Crippen LogP contribution in [0.25, 0.3) is 6.08 Å². The number of nitrogens with one attached hydrogen (secondary N) is 1. The van der Waals surface area contributed by atoms with Gasteiger partial charge in [-0.1, -0.05) is 67.1 Å². The van der Waals surface area contributed by atoms with Gasteiger partial charge in [-0.15, -0.1) is 0 Å². The highest BCUT2D eigenvalue weighted by Crippen LogP contribution is 2.49. The van der Waals surface area contributed by atoms with Crippen LogP contribution in [0.15, 0.2) is 72.8 Å². The van der Waals surface area contributed by atoms with Crippen molar-refractivity contribution in [2.45, 2.75) is 49.5 Å². The van der Waals surface area contributed by atoms with E-state index in [9.17, 15) is 10.1 Å². The second-order valence-electron chi connectivity index (χ2n) is 11.5. The van der Waals surface area contributed by atoms with Gasteiger partial charge in [0.05, 0.1) is 22.9 Å². The summed E-state index contributed by atoms with van der Waals surface area (Å²) in [6.07, 6.45) is 8.50. The number of nitrogens with zero attached hydrogens (tertiary/aromatic N) is 2. The summed E-state index contributed by atoms with van der Waals surface area (Å²) in [6.45, 7) is 4.46. The molecule has 0 radical (unpaired) electrons. The SMILES string of the molecule is C[C@H]1CN(C2CCC(C#N)(c3ccc(C(=O)Nc4cc(Cl)ccc4N)cc3)C2)CCC12C=Cc1ccccc12. The van der Waals surface area contributed by atoms with E-state index in [1.54, 1.807) is 30.3 Å². The van der Waals surface area contributed by atoms with Gasteiger partial charge in [-0.25, -0.2) is 0 Å². The Morgan fingerprint density at radius 2 is 1.92 bits per heavy atom. The molecule has 1 saturated carbocycles. The molecule has 1 amide bonds. The maximum absolute atomic E-state index is 12.8. The molecule has 1 aliphatic heterocycles. The first-order valence-electron chi connectivity index (χ1n) is 13.7. The molecular formula is C33H33ClN4O. The van der Waals surface area contributed by atoms with Crippen LogP contribution in [0.2, 0.25) is 5.02 Å². The van der Waals surface area contributed by atoms with Crippen molar-refractivity contribution in [1.29, 1.82) is 5.26 Å². The first-order valence-corrected chi connectivity index (χ1v) is 14.1. The van der Waals surface area contributed by atoms with Gasteiger partial charge in [-0.05, 0) is 85.2 Å². The summed E-state index contributed by atoms with van der Waals surface area (Å²) in [5, 5.41) is 13.7. The van der Waals surface area contributed by atoms with Crippen LogP contribution in [0, 0.1) is 17.2 Å². The van der Waals surface area contributed by atoms with E-state index in [-0.39, 0.29) is 11.3 Å². The molecule has 3 aliphatic rings. The molecule has 3 unspecified atom stereocenters. The lowest BCUT2D eigenvalue weighted by Crippen LogP contribution is -2.50. The van der Waals surface area contributed by atoms with Crippen molar-refractivity contribution in [1.82, 2.24) is 4.90 Å². The van der Waals surface area contributed by atoms with Gasteiger partial charge >= 0.3 is 0 Å². The molecule has 4 atom stereocenters. The predicted octanol–water partition coefficient (Wildman–Crippen LogP) is 6.79. The molecule has 6 heteroatoms. The molecule has 1 heterocycles. The van der Waals surface area contributed by atoms with Gasteiger partial charge in [-0.3, -0.25) is 9.69 Å². The molecule has 2 aliphatic carbocycles. The molecule has 1 saturated heterocycles. The Morgan fingerprint density at radius 3 is 2.69 bits per heavy atom. The fourth-order valence-electron chi connectivity index (χ4n) is 7.09. The van der Waals surface area contributed by atoms with E-state index < -0.39 is 5.41 Å². The van der Waals surface area contributed by atoms with Crippen LogP contribution < -0.4 is 11.1 Å². The molecule has 1 spiro atoms.